The SMILES string of the molecule is CC(=O)N[C@@H](CCCCN)C(=O)NC1CCCNC(=O)CCC(C(N)=O)NC(=O)[C@H](Cc2c[nH]c3ccccc23)NC(=O)[C@H](CCCNC(=N)N)NC(=O)C(Cc2ccccc2)NC(=O)[C@H](Cc2c[nH]cn2)NC1=O. The van der Waals surface area contributed by atoms with Crippen molar-refractivity contribution in [2.45, 2.75) is 126 Å². The van der Waals surface area contributed by atoms with Crippen LogP contribution in [0.4, 0.5) is 0 Å². The lowest BCUT2D eigenvalue weighted by atomic mass is 10.0. The lowest BCUT2D eigenvalue weighted by Crippen LogP contribution is -2.60. The molecule has 2 aromatic carbocycles. The van der Waals surface area contributed by atoms with Gasteiger partial charge in [-0.1, -0.05) is 48.5 Å². The number of imidazole rings is 1. The largest absolute Gasteiger partial charge is 0.370 e. The van der Waals surface area contributed by atoms with Crippen molar-refractivity contribution in [2.24, 2.45) is 17.2 Å². The van der Waals surface area contributed by atoms with Gasteiger partial charge in [-0.2, -0.15) is 0 Å². The van der Waals surface area contributed by atoms with Crippen molar-refractivity contribution in [2.75, 3.05) is 19.6 Å². The fourth-order valence-electron chi connectivity index (χ4n) is 8.50. The third kappa shape index (κ3) is 18.9. The molecule has 75 heavy (non-hydrogen) atoms. The number of carbonyl (C=O) groups is 9. The molecule has 25 heteroatoms. The summed E-state index contributed by atoms with van der Waals surface area (Å²) in [6, 6.07) is 6.69. The van der Waals surface area contributed by atoms with E-state index in [0.29, 0.717) is 36.2 Å². The molecule has 3 heterocycles. The Hall–Kier alpha value is -8.35. The monoisotopic (exact) mass is 1040 g/mol. The van der Waals surface area contributed by atoms with E-state index in [9.17, 15) is 43.2 Å². The molecule has 0 spiro atoms. The highest BCUT2D eigenvalue weighted by Gasteiger charge is 2.35. The van der Waals surface area contributed by atoms with E-state index in [1.54, 1.807) is 42.6 Å². The van der Waals surface area contributed by atoms with Gasteiger partial charge in [-0.15, -0.1) is 0 Å². The van der Waals surface area contributed by atoms with E-state index in [1.807, 2.05) is 18.2 Å². The van der Waals surface area contributed by atoms with Crippen molar-refractivity contribution in [1.29, 1.82) is 5.41 Å². The molecule has 1 saturated heterocycles. The van der Waals surface area contributed by atoms with Crippen molar-refractivity contribution in [3.63, 3.8) is 0 Å². The van der Waals surface area contributed by atoms with E-state index in [2.05, 4.69) is 62.8 Å². The van der Waals surface area contributed by atoms with Crippen LogP contribution >= 0.6 is 0 Å². The lowest BCUT2D eigenvalue weighted by Gasteiger charge is -2.28. The minimum Gasteiger partial charge on any atom is -0.370 e. The molecule has 1 fully saturated rings. The van der Waals surface area contributed by atoms with Crippen LogP contribution < -0.4 is 65.1 Å². The Kier molecular flexibility index (Phi) is 22.5. The van der Waals surface area contributed by atoms with Crippen LogP contribution in [0.2, 0.25) is 0 Å². The molecule has 25 nitrogen and oxygen atoms in total. The molecule has 0 radical (unpaired) electrons. The number of aromatic nitrogens is 3. The number of amides is 9. The molecule has 0 bridgehead atoms. The number of primary amides is 1. The molecule has 2 aromatic heterocycles. The number of H-pyrrole nitrogens is 2. The van der Waals surface area contributed by atoms with Gasteiger partial charge in [0.2, 0.25) is 53.2 Å². The second-order valence-corrected chi connectivity index (χ2v) is 18.3. The molecule has 9 amide bonds. The van der Waals surface area contributed by atoms with Crippen LogP contribution in [0.5, 0.6) is 0 Å². The maximum atomic E-state index is 14.7. The van der Waals surface area contributed by atoms with Crippen LogP contribution in [0.25, 0.3) is 10.9 Å². The van der Waals surface area contributed by atoms with E-state index >= 15 is 0 Å². The van der Waals surface area contributed by atoms with E-state index in [0.717, 1.165) is 10.9 Å². The van der Waals surface area contributed by atoms with Crippen molar-refractivity contribution in [3.8, 4) is 0 Å². The first-order valence-electron chi connectivity index (χ1n) is 25.0. The quantitative estimate of drug-likeness (QED) is 0.0289. The van der Waals surface area contributed by atoms with Gasteiger partial charge in [0.15, 0.2) is 5.96 Å². The molecule has 3 unspecified atom stereocenters. The van der Waals surface area contributed by atoms with Gasteiger partial charge in [-0.05, 0) is 75.1 Å². The van der Waals surface area contributed by atoms with Crippen LogP contribution in [0.1, 0.15) is 81.5 Å². The van der Waals surface area contributed by atoms with Crippen LogP contribution in [0, 0.1) is 5.41 Å². The first-order chi connectivity index (χ1) is 36.0. The number of aromatic amines is 2. The van der Waals surface area contributed by atoms with Gasteiger partial charge in [0.25, 0.3) is 0 Å². The van der Waals surface area contributed by atoms with Crippen LogP contribution in [0.15, 0.2) is 73.3 Å². The summed E-state index contributed by atoms with van der Waals surface area (Å²) in [7, 11) is 0. The summed E-state index contributed by atoms with van der Waals surface area (Å²) in [4.78, 5) is 135. The highest BCUT2D eigenvalue weighted by atomic mass is 16.2. The molecule has 7 atom stereocenters. The molecule has 1 aliphatic heterocycles. The smallest absolute Gasteiger partial charge is 0.243 e. The summed E-state index contributed by atoms with van der Waals surface area (Å²) in [6.07, 6.45) is 5.05. The number of fused-ring (bicyclic) bond motifs is 1. The summed E-state index contributed by atoms with van der Waals surface area (Å²) in [5.74, 6) is -7.09. The zero-order chi connectivity index (χ0) is 54.3. The van der Waals surface area contributed by atoms with E-state index in [-0.39, 0.29) is 83.3 Å². The molecule has 4 aromatic rings. The summed E-state index contributed by atoms with van der Waals surface area (Å²) in [5.41, 5.74) is 19.3. The number of benzene rings is 2. The van der Waals surface area contributed by atoms with Crippen molar-refractivity contribution in [1.82, 2.24) is 62.8 Å². The van der Waals surface area contributed by atoms with Gasteiger partial charge < -0.3 is 75.0 Å². The van der Waals surface area contributed by atoms with Crippen LogP contribution in [-0.2, 0) is 62.4 Å². The number of para-hydroxylation sites is 1. The minimum atomic E-state index is -1.41. The number of rotatable bonds is 18. The average molecular weight is 1040 g/mol. The third-order valence-corrected chi connectivity index (χ3v) is 12.5. The summed E-state index contributed by atoms with van der Waals surface area (Å²) < 4.78 is 0. The summed E-state index contributed by atoms with van der Waals surface area (Å²) in [5, 5.41) is 32.7. The van der Waals surface area contributed by atoms with E-state index in [1.165, 1.54) is 19.4 Å². The first-order valence-corrected chi connectivity index (χ1v) is 25.0. The maximum Gasteiger partial charge on any atom is 0.243 e. The van der Waals surface area contributed by atoms with Crippen LogP contribution in [-0.4, -0.2) is 136 Å². The maximum absolute atomic E-state index is 14.7. The highest BCUT2D eigenvalue weighted by molar-refractivity contribution is 5.98. The molecular formula is C50H70N16O9. The van der Waals surface area contributed by atoms with Gasteiger partial charge in [0.1, 0.15) is 42.3 Å². The van der Waals surface area contributed by atoms with Crippen molar-refractivity contribution in [3.05, 3.63) is 90.1 Å². The van der Waals surface area contributed by atoms with E-state index < -0.39 is 95.5 Å². The Morgan fingerprint density at radius 1 is 0.760 bits per heavy atom. The zero-order valence-corrected chi connectivity index (χ0v) is 41.9. The van der Waals surface area contributed by atoms with Crippen LogP contribution in [0.3, 0.4) is 0 Å². The molecular weight excluding hydrogens is 969 g/mol. The highest BCUT2D eigenvalue weighted by Crippen LogP contribution is 2.20. The molecule has 0 saturated carbocycles. The number of nitrogens with one attached hydrogen (secondary N) is 12. The Morgan fingerprint density at radius 2 is 1.41 bits per heavy atom. The number of hydrogen-bond donors (Lipinski definition) is 15. The number of nitrogens with zero attached hydrogens (tertiary/aromatic N) is 1. The number of hydrogen-bond acceptors (Lipinski definition) is 12. The summed E-state index contributed by atoms with van der Waals surface area (Å²) >= 11 is 0. The summed E-state index contributed by atoms with van der Waals surface area (Å²) in [6.45, 7) is 1.69. The predicted octanol–water partition coefficient (Wildman–Crippen LogP) is -2.10. The van der Waals surface area contributed by atoms with Gasteiger partial charge in [-0.25, -0.2) is 4.98 Å². The standard InChI is InChI=1S/C50H70N16O9/c1-29(67)60-36(15-7-8-20-51)44(70)62-37-16-9-21-56-42(68)19-18-35(43(52)69)61-48(74)40(24-31-26-58-34-14-6-5-13-33(31)34)65-45(71)38(17-10-22-57-50(53)54)63-47(73)39(23-30-11-3-2-4-12-30)64-49(75)41(66-46(37)72)25-32-27-55-28-59-32/h2-6,11-14,26-28,35-41,58H,7-10,15-25,51H2,1H3,(H2,52,69)(H,55,59)(H,56,68)(H,60,67)(H,61,74)(H,62,70)(H,63,73)(H,64,75)(H,65,71)(H,66,72)(H4,53,54,57)/t35?,36-,37?,38-,39?,40-,41-/m0/s1. The lowest BCUT2D eigenvalue weighted by molar-refractivity contribution is -0.135. The Morgan fingerprint density at radius 3 is 2.09 bits per heavy atom. The first kappa shape index (κ1) is 57.5. The van der Waals surface area contributed by atoms with Crippen molar-refractivity contribution < 1.29 is 43.2 Å². The Bertz CT molecular complexity index is 2590. The zero-order valence-electron chi connectivity index (χ0n) is 41.9. The number of unbranched alkanes of at least 4 members (excludes halogenated alkanes) is 1. The number of nitrogens with two attached hydrogens (primary N) is 3. The molecule has 18 N–H and O–H groups in total. The number of guanidine groups is 1. The minimum absolute atomic E-state index is 0.0180. The fraction of sp³-hybridized carbons (Fsp3) is 0.460. The average Bonchev–Trinajstić information content (AvgIpc) is 4.05. The third-order valence-electron chi connectivity index (χ3n) is 12.5. The predicted molar refractivity (Wildman–Crippen MR) is 276 cm³/mol. The Labute approximate surface area is 433 Å². The van der Waals surface area contributed by atoms with Crippen molar-refractivity contribution >= 4 is 70.0 Å². The Balaban J connectivity index is 1.54. The molecule has 1 aliphatic rings. The molecule has 0 aliphatic carbocycles. The fourth-order valence-corrected chi connectivity index (χ4v) is 8.50. The number of carbonyl (C=O) groups excluding carboxylic acids is 9. The topological polar surface area (TPSA) is 408 Å². The van der Waals surface area contributed by atoms with Gasteiger partial charge >= 0.3 is 0 Å². The molecule has 5 rings (SSSR count). The van der Waals surface area contributed by atoms with E-state index in [4.69, 9.17) is 22.6 Å². The normalized spacial score (nSPS) is 21.2. The van der Waals surface area contributed by atoms with Gasteiger partial charge in [0, 0.05) is 69.0 Å². The van der Waals surface area contributed by atoms with Gasteiger partial charge in [-0.3, -0.25) is 48.6 Å². The molecule has 404 valence electrons. The second kappa shape index (κ2) is 29.4. The van der Waals surface area contributed by atoms with Gasteiger partial charge in [0.05, 0.1) is 12.0 Å². The second-order valence-electron chi connectivity index (χ2n) is 18.3.